The summed E-state index contributed by atoms with van der Waals surface area (Å²) in [6, 6.07) is 17.3. The van der Waals surface area contributed by atoms with Crippen LogP contribution in [0.25, 0.3) is 11.1 Å². The van der Waals surface area contributed by atoms with Crippen LogP contribution in [0.5, 0.6) is 11.5 Å². The molecular weight excluding hydrogens is 345 g/mol. The number of nitrogens with one attached hydrogen (secondary N) is 1. The van der Waals surface area contributed by atoms with E-state index in [1.54, 1.807) is 24.3 Å². The molecule has 0 aliphatic heterocycles. The first-order valence-corrected chi connectivity index (χ1v) is 8.42. The number of hydrogen-bond donors (Lipinski definition) is 1. The zero-order chi connectivity index (χ0) is 19.4. The number of amides is 1. The molecule has 5 heteroatoms. The Morgan fingerprint density at radius 2 is 1.59 bits per heavy atom. The zero-order valence-electron chi connectivity index (χ0n) is 15.4. The third kappa shape index (κ3) is 4.08. The molecule has 27 heavy (non-hydrogen) atoms. The van der Waals surface area contributed by atoms with Crippen LogP contribution in [-0.2, 0) is 0 Å². The quantitative estimate of drug-likeness (QED) is 0.687. The fourth-order valence-electron chi connectivity index (χ4n) is 2.72. The van der Waals surface area contributed by atoms with Gasteiger partial charge in [-0.2, -0.15) is 0 Å². The number of anilines is 1. The Hall–Kier alpha value is -3.34. The number of rotatable bonds is 5. The molecule has 0 unspecified atom stereocenters. The van der Waals surface area contributed by atoms with Gasteiger partial charge in [-0.1, -0.05) is 35.9 Å². The van der Waals surface area contributed by atoms with E-state index in [0.29, 0.717) is 22.7 Å². The lowest BCUT2D eigenvalue weighted by molar-refractivity contribution is 0.102. The van der Waals surface area contributed by atoms with E-state index in [0.717, 1.165) is 11.1 Å². The minimum atomic E-state index is -0.585. The van der Waals surface area contributed by atoms with Crippen LogP contribution in [0.1, 0.15) is 15.9 Å². The van der Waals surface area contributed by atoms with Gasteiger partial charge in [0.2, 0.25) is 0 Å². The highest BCUT2D eigenvalue weighted by atomic mass is 19.1. The van der Waals surface area contributed by atoms with Crippen LogP contribution in [0.4, 0.5) is 10.1 Å². The van der Waals surface area contributed by atoms with Gasteiger partial charge in [0, 0.05) is 6.07 Å². The maximum absolute atomic E-state index is 14.6. The Balaban J connectivity index is 1.84. The van der Waals surface area contributed by atoms with Gasteiger partial charge in [-0.05, 0) is 42.3 Å². The van der Waals surface area contributed by atoms with Gasteiger partial charge in [-0.3, -0.25) is 4.79 Å². The number of hydrogen-bond acceptors (Lipinski definition) is 3. The predicted molar refractivity (Wildman–Crippen MR) is 104 cm³/mol. The van der Waals surface area contributed by atoms with E-state index in [9.17, 15) is 9.18 Å². The molecule has 0 fully saturated rings. The lowest BCUT2D eigenvalue weighted by Gasteiger charge is -2.12. The molecule has 0 atom stereocenters. The summed E-state index contributed by atoms with van der Waals surface area (Å²) in [6.45, 7) is 1.99. The standard InChI is InChI=1S/C22H20FNO3/c1-14-4-6-15(7-5-14)16-8-10-18(19(23)12-16)22(25)24-20-11-9-17(26-2)13-21(20)27-3/h4-13H,1-3H3,(H,24,25). The highest BCUT2D eigenvalue weighted by Gasteiger charge is 2.15. The molecule has 0 radical (unpaired) electrons. The summed E-state index contributed by atoms with van der Waals surface area (Å²) in [6.07, 6.45) is 0. The Morgan fingerprint density at radius 3 is 2.22 bits per heavy atom. The molecule has 3 aromatic rings. The summed E-state index contributed by atoms with van der Waals surface area (Å²) in [5.41, 5.74) is 3.13. The summed E-state index contributed by atoms with van der Waals surface area (Å²) in [5.74, 6) is -0.109. The Morgan fingerprint density at radius 1 is 0.889 bits per heavy atom. The lowest BCUT2D eigenvalue weighted by atomic mass is 10.0. The second kappa shape index (κ2) is 7.91. The van der Waals surface area contributed by atoms with Gasteiger partial charge < -0.3 is 14.8 Å². The van der Waals surface area contributed by atoms with E-state index in [2.05, 4.69) is 5.32 Å². The van der Waals surface area contributed by atoms with Gasteiger partial charge >= 0.3 is 0 Å². The van der Waals surface area contributed by atoms with Gasteiger partial charge in [0.15, 0.2) is 0 Å². The van der Waals surface area contributed by atoms with E-state index in [-0.39, 0.29) is 5.56 Å². The van der Waals surface area contributed by atoms with Crippen LogP contribution in [-0.4, -0.2) is 20.1 Å². The van der Waals surface area contributed by atoms with Crippen LogP contribution in [0.15, 0.2) is 60.7 Å². The van der Waals surface area contributed by atoms with Gasteiger partial charge in [0.25, 0.3) is 5.91 Å². The first-order chi connectivity index (χ1) is 13.0. The van der Waals surface area contributed by atoms with E-state index in [1.807, 2.05) is 31.2 Å². The minimum Gasteiger partial charge on any atom is -0.497 e. The van der Waals surface area contributed by atoms with E-state index >= 15 is 0 Å². The fourth-order valence-corrected chi connectivity index (χ4v) is 2.72. The van der Waals surface area contributed by atoms with E-state index in [1.165, 1.54) is 26.4 Å². The number of carbonyl (C=O) groups is 1. The Bertz CT molecular complexity index is 968. The van der Waals surface area contributed by atoms with Gasteiger partial charge in [0.1, 0.15) is 17.3 Å². The number of benzene rings is 3. The molecule has 1 N–H and O–H groups in total. The summed E-state index contributed by atoms with van der Waals surface area (Å²) in [5, 5.41) is 2.68. The van der Waals surface area contributed by atoms with E-state index in [4.69, 9.17) is 9.47 Å². The monoisotopic (exact) mass is 365 g/mol. The van der Waals surface area contributed by atoms with Crippen molar-refractivity contribution in [2.75, 3.05) is 19.5 Å². The average molecular weight is 365 g/mol. The van der Waals surface area contributed by atoms with Crippen LogP contribution in [0, 0.1) is 12.7 Å². The van der Waals surface area contributed by atoms with E-state index < -0.39 is 11.7 Å². The van der Waals surface area contributed by atoms with Crippen LogP contribution < -0.4 is 14.8 Å². The molecule has 3 aromatic carbocycles. The van der Waals surface area contributed by atoms with Crippen molar-refractivity contribution in [3.8, 4) is 22.6 Å². The summed E-state index contributed by atoms with van der Waals surface area (Å²) in [4.78, 5) is 12.5. The second-order valence-electron chi connectivity index (χ2n) is 6.08. The predicted octanol–water partition coefficient (Wildman–Crippen LogP) is 5.07. The molecule has 0 bridgehead atoms. The zero-order valence-corrected chi connectivity index (χ0v) is 15.4. The molecule has 0 aliphatic carbocycles. The first kappa shape index (κ1) is 18.5. The molecule has 1 amide bonds. The van der Waals surface area contributed by atoms with Crippen LogP contribution in [0.2, 0.25) is 0 Å². The molecule has 0 saturated heterocycles. The van der Waals surface area contributed by atoms with Crippen LogP contribution >= 0.6 is 0 Å². The number of ether oxygens (including phenoxy) is 2. The van der Waals surface area contributed by atoms with Gasteiger partial charge in [-0.25, -0.2) is 4.39 Å². The number of halogens is 1. The maximum atomic E-state index is 14.6. The average Bonchev–Trinajstić information content (AvgIpc) is 2.68. The molecule has 0 heterocycles. The third-order valence-corrected chi connectivity index (χ3v) is 4.26. The molecular formula is C22H20FNO3. The fraction of sp³-hybridized carbons (Fsp3) is 0.136. The summed E-state index contributed by atoms with van der Waals surface area (Å²) < 4.78 is 24.9. The van der Waals surface area contributed by atoms with Crippen molar-refractivity contribution < 1.29 is 18.7 Å². The maximum Gasteiger partial charge on any atom is 0.258 e. The highest BCUT2D eigenvalue weighted by Crippen LogP contribution is 2.30. The van der Waals surface area contributed by atoms with Crippen molar-refractivity contribution in [1.29, 1.82) is 0 Å². The number of carbonyl (C=O) groups excluding carboxylic acids is 1. The molecule has 4 nitrogen and oxygen atoms in total. The number of aryl methyl sites for hydroxylation is 1. The largest absolute Gasteiger partial charge is 0.497 e. The molecule has 0 aromatic heterocycles. The Labute approximate surface area is 157 Å². The molecule has 0 aliphatic rings. The summed E-state index contributed by atoms with van der Waals surface area (Å²) in [7, 11) is 3.03. The second-order valence-corrected chi connectivity index (χ2v) is 6.08. The van der Waals surface area contributed by atoms with Crippen molar-refractivity contribution in [3.05, 3.63) is 77.6 Å². The topological polar surface area (TPSA) is 47.6 Å². The van der Waals surface area contributed by atoms with Crippen LogP contribution in [0.3, 0.4) is 0 Å². The third-order valence-electron chi connectivity index (χ3n) is 4.26. The summed E-state index contributed by atoms with van der Waals surface area (Å²) >= 11 is 0. The van der Waals surface area contributed by atoms with Gasteiger partial charge in [-0.15, -0.1) is 0 Å². The normalized spacial score (nSPS) is 10.4. The van der Waals surface area contributed by atoms with Crippen molar-refractivity contribution in [2.24, 2.45) is 0 Å². The highest BCUT2D eigenvalue weighted by molar-refractivity contribution is 6.05. The molecule has 3 rings (SSSR count). The van der Waals surface area contributed by atoms with Crippen molar-refractivity contribution >= 4 is 11.6 Å². The van der Waals surface area contributed by atoms with Crippen molar-refractivity contribution in [1.82, 2.24) is 0 Å². The molecule has 0 spiro atoms. The first-order valence-electron chi connectivity index (χ1n) is 8.42. The minimum absolute atomic E-state index is 0.0382. The SMILES string of the molecule is COc1ccc(NC(=O)c2ccc(-c3ccc(C)cc3)cc2F)c(OC)c1. The lowest BCUT2D eigenvalue weighted by Crippen LogP contribution is -2.14. The smallest absolute Gasteiger partial charge is 0.258 e. The van der Waals surface area contributed by atoms with Gasteiger partial charge in [0.05, 0.1) is 25.5 Å². The molecule has 138 valence electrons. The molecule has 0 saturated carbocycles. The van der Waals surface area contributed by atoms with Crippen molar-refractivity contribution in [2.45, 2.75) is 6.92 Å². The number of methoxy groups -OCH3 is 2. The Kier molecular flexibility index (Phi) is 5.41. The van der Waals surface area contributed by atoms with Crippen molar-refractivity contribution in [3.63, 3.8) is 0 Å².